The number of aryl methyl sites for hydroxylation is 2. The number of carbonyl (C=O) groups is 1. The fourth-order valence-electron chi connectivity index (χ4n) is 2.10. The van der Waals surface area contributed by atoms with Crippen LogP contribution in [-0.2, 0) is 10.0 Å². The molecular formula is C15H15BrN2O3S. The van der Waals surface area contributed by atoms with Crippen LogP contribution in [0.3, 0.4) is 0 Å². The van der Waals surface area contributed by atoms with Gasteiger partial charge < -0.3 is 5.32 Å². The van der Waals surface area contributed by atoms with Gasteiger partial charge in [-0.25, -0.2) is 13.6 Å². The van der Waals surface area contributed by atoms with Crippen molar-refractivity contribution in [3.05, 3.63) is 57.6 Å². The Kier molecular flexibility index (Phi) is 4.69. The minimum Gasteiger partial charge on any atom is -0.322 e. The molecule has 2 aromatic carbocycles. The molecule has 2 rings (SSSR count). The first-order valence-corrected chi connectivity index (χ1v) is 8.73. The molecule has 0 spiro atoms. The summed E-state index contributed by atoms with van der Waals surface area (Å²) in [7, 11) is -3.86. The van der Waals surface area contributed by atoms with Crippen LogP contribution < -0.4 is 10.5 Å². The highest BCUT2D eigenvalue weighted by atomic mass is 79.9. The van der Waals surface area contributed by atoms with Crippen molar-refractivity contribution in [1.29, 1.82) is 0 Å². The molecule has 0 unspecified atom stereocenters. The van der Waals surface area contributed by atoms with E-state index in [0.29, 0.717) is 10.2 Å². The lowest BCUT2D eigenvalue weighted by atomic mass is 10.1. The van der Waals surface area contributed by atoms with Gasteiger partial charge in [0.1, 0.15) is 0 Å². The smallest absolute Gasteiger partial charge is 0.256 e. The van der Waals surface area contributed by atoms with Gasteiger partial charge in [-0.3, -0.25) is 4.79 Å². The highest BCUT2D eigenvalue weighted by Crippen LogP contribution is 2.22. The molecule has 0 aliphatic rings. The molecule has 0 fully saturated rings. The number of amides is 1. The van der Waals surface area contributed by atoms with Gasteiger partial charge in [0, 0.05) is 10.2 Å². The largest absolute Gasteiger partial charge is 0.322 e. The molecule has 3 N–H and O–H groups in total. The Labute approximate surface area is 137 Å². The van der Waals surface area contributed by atoms with E-state index < -0.39 is 15.9 Å². The summed E-state index contributed by atoms with van der Waals surface area (Å²) in [4.78, 5) is 12.3. The van der Waals surface area contributed by atoms with Crippen LogP contribution in [-0.4, -0.2) is 14.3 Å². The van der Waals surface area contributed by atoms with Gasteiger partial charge in [-0.2, -0.15) is 0 Å². The van der Waals surface area contributed by atoms with E-state index >= 15 is 0 Å². The minimum atomic E-state index is -3.86. The maximum Gasteiger partial charge on any atom is 0.256 e. The zero-order valence-corrected chi connectivity index (χ0v) is 14.5. The molecule has 0 heterocycles. The number of primary sulfonamides is 1. The van der Waals surface area contributed by atoms with Gasteiger partial charge in [0.05, 0.1) is 10.5 Å². The van der Waals surface area contributed by atoms with Crippen molar-refractivity contribution in [2.45, 2.75) is 18.7 Å². The lowest BCUT2D eigenvalue weighted by molar-refractivity contribution is 0.102. The summed E-state index contributed by atoms with van der Waals surface area (Å²) < 4.78 is 23.3. The van der Waals surface area contributed by atoms with Crippen molar-refractivity contribution in [2.24, 2.45) is 5.14 Å². The number of rotatable bonds is 3. The molecule has 0 aromatic heterocycles. The fraction of sp³-hybridized carbons (Fsp3) is 0.133. The Morgan fingerprint density at radius 2 is 1.68 bits per heavy atom. The molecule has 5 nitrogen and oxygen atoms in total. The predicted molar refractivity (Wildman–Crippen MR) is 89.4 cm³/mol. The number of nitrogens with one attached hydrogen (secondary N) is 1. The molecule has 0 aliphatic heterocycles. The Hall–Kier alpha value is -1.70. The third kappa shape index (κ3) is 3.94. The van der Waals surface area contributed by atoms with E-state index in [4.69, 9.17) is 5.14 Å². The van der Waals surface area contributed by atoms with Crippen LogP contribution in [0, 0.1) is 13.8 Å². The summed E-state index contributed by atoms with van der Waals surface area (Å²) in [5.74, 6) is -0.414. The second-order valence-electron chi connectivity index (χ2n) is 5.02. The van der Waals surface area contributed by atoms with Gasteiger partial charge in [-0.1, -0.05) is 6.07 Å². The van der Waals surface area contributed by atoms with Gasteiger partial charge in [-0.05, 0) is 71.2 Å². The Morgan fingerprint density at radius 1 is 1.09 bits per heavy atom. The maximum atomic E-state index is 12.4. The zero-order valence-electron chi connectivity index (χ0n) is 12.1. The van der Waals surface area contributed by atoms with E-state index in [1.165, 1.54) is 18.2 Å². The van der Waals surface area contributed by atoms with E-state index in [0.717, 1.165) is 11.1 Å². The number of sulfonamides is 1. The number of benzene rings is 2. The molecular weight excluding hydrogens is 368 g/mol. The Balaban J connectivity index is 2.37. The Bertz CT molecular complexity index is 828. The van der Waals surface area contributed by atoms with Gasteiger partial charge in [-0.15, -0.1) is 0 Å². The molecule has 2 aromatic rings. The van der Waals surface area contributed by atoms with Crippen LogP contribution in [0.4, 0.5) is 5.69 Å². The third-order valence-corrected chi connectivity index (χ3v) is 4.59. The molecule has 1 amide bonds. The third-order valence-electron chi connectivity index (χ3n) is 2.99. The number of hydrogen-bond donors (Lipinski definition) is 2. The van der Waals surface area contributed by atoms with Crippen molar-refractivity contribution in [3.8, 4) is 0 Å². The van der Waals surface area contributed by atoms with Crippen LogP contribution in [0.5, 0.6) is 0 Å². The number of hydrogen-bond acceptors (Lipinski definition) is 3. The minimum absolute atomic E-state index is 0.110. The standard InChI is InChI=1S/C15H15BrN2O3S/c1-9-5-10(2)7-11(6-9)18-15(19)13-8-12(22(17,20)21)3-4-14(13)16/h3-8H,1-2H3,(H,18,19)(H2,17,20,21). The molecule has 0 aliphatic carbocycles. The molecule has 0 saturated carbocycles. The van der Waals surface area contributed by atoms with Crippen molar-refractivity contribution >= 4 is 37.5 Å². The summed E-state index contributed by atoms with van der Waals surface area (Å²) >= 11 is 3.24. The van der Waals surface area contributed by atoms with Gasteiger partial charge in [0.25, 0.3) is 5.91 Å². The van der Waals surface area contributed by atoms with E-state index in [1.807, 2.05) is 32.0 Å². The first kappa shape index (κ1) is 16.7. The second kappa shape index (κ2) is 6.20. The van der Waals surface area contributed by atoms with Crippen molar-refractivity contribution < 1.29 is 13.2 Å². The van der Waals surface area contributed by atoms with Crippen LogP contribution in [0.2, 0.25) is 0 Å². The SMILES string of the molecule is Cc1cc(C)cc(NC(=O)c2cc(S(N)(=O)=O)ccc2Br)c1. The highest BCUT2D eigenvalue weighted by Gasteiger charge is 2.16. The number of anilines is 1. The topological polar surface area (TPSA) is 89.3 Å². The summed E-state index contributed by atoms with van der Waals surface area (Å²) in [6, 6.07) is 9.73. The summed E-state index contributed by atoms with van der Waals surface area (Å²) in [6.07, 6.45) is 0. The molecule has 0 saturated heterocycles. The average Bonchev–Trinajstić information content (AvgIpc) is 2.36. The average molecular weight is 383 g/mol. The van der Waals surface area contributed by atoms with E-state index in [9.17, 15) is 13.2 Å². The van der Waals surface area contributed by atoms with Crippen LogP contribution in [0.15, 0.2) is 45.8 Å². The maximum absolute atomic E-state index is 12.4. The molecule has 22 heavy (non-hydrogen) atoms. The lowest BCUT2D eigenvalue weighted by Gasteiger charge is -2.10. The van der Waals surface area contributed by atoms with Crippen LogP contribution in [0.1, 0.15) is 21.5 Å². The van der Waals surface area contributed by atoms with E-state index in [2.05, 4.69) is 21.2 Å². The van der Waals surface area contributed by atoms with Crippen molar-refractivity contribution in [3.63, 3.8) is 0 Å². The second-order valence-corrected chi connectivity index (χ2v) is 7.43. The molecule has 0 radical (unpaired) electrons. The Morgan fingerprint density at radius 3 is 2.23 bits per heavy atom. The number of halogens is 1. The number of carbonyl (C=O) groups excluding carboxylic acids is 1. The summed E-state index contributed by atoms with van der Waals surface area (Å²) in [6.45, 7) is 3.86. The first-order chi connectivity index (χ1) is 10.2. The molecule has 116 valence electrons. The molecule has 0 bridgehead atoms. The van der Waals surface area contributed by atoms with Crippen molar-refractivity contribution in [2.75, 3.05) is 5.32 Å². The zero-order chi connectivity index (χ0) is 16.5. The number of nitrogens with two attached hydrogens (primary N) is 1. The van der Waals surface area contributed by atoms with Crippen LogP contribution in [0.25, 0.3) is 0 Å². The summed E-state index contributed by atoms with van der Waals surface area (Å²) in [5.41, 5.74) is 2.89. The van der Waals surface area contributed by atoms with Gasteiger partial charge in [0.2, 0.25) is 10.0 Å². The monoisotopic (exact) mass is 382 g/mol. The molecule has 7 heteroatoms. The quantitative estimate of drug-likeness (QED) is 0.854. The van der Waals surface area contributed by atoms with Crippen molar-refractivity contribution in [1.82, 2.24) is 0 Å². The van der Waals surface area contributed by atoms with Gasteiger partial charge in [0.15, 0.2) is 0 Å². The van der Waals surface area contributed by atoms with E-state index in [-0.39, 0.29) is 10.5 Å². The fourth-order valence-corrected chi connectivity index (χ4v) is 3.07. The predicted octanol–water partition coefficient (Wildman–Crippen LogP) is 2.97. The van der Waals surface area contributed by atoms with E-state index in [1.54, 1.807) is 0 Å². The highest BCUT2D eigenvalue weighted by molar-refractivity contribution is 9.10. The lowest BCUT2D eigenvalue weighted by Crippen LogP contribution is -2.16. The van der Waals surface area contributed by atoms with Gasteiger partial charge >= 0.3 is 0 Å². The first-order valence-electron chi connectivity index (χ1n) is 6.39. The van der Waals surface area contributed by atoms with Crippen LogP contribution >= 0.6 is 15.9 Å². The molecule has 0 atom stereocenters. The normalized spacial score (nSPS) is 11.3. The summed E-state index contributed by atoms with van der Waals surface area (Å²) in [5, 5.41) is 7.85.